The van der Waals surface area contributed by atoms with Crippen molar-refractivity contribution in [1.82, 2.24) is 0 Å². The van der Waals surface area contributed by atoms with Crippen molar-refractivity contribution in [3.05, 3.63) is 29.3 Å². The second-order valence-electron chi connectivity index (χ2n) is 2.66. The number of alkyl halides is 1. The van der Waals surface area contributed by atoms with E-state index in [9.17, 15) is 4.79 Å². The molecule has 1 heterocycles. The first-order valence-electron chi connectivity index (χ1n) is 3.80. The van der Waals surface area contributed by atoms with Crippen LogP contribution in [0.5, 0.6) is 5.75 Å². The van der Waals surface area contributed by atoms with Crippen molar-refractivity contribution in [1.29, 1.82) is 0 Å². The third kappa shape index (κ3) is 1.54. The second-order valence-corrected chi connectivity index (χ2v) is 3.22. The van der Waals surface area contributed by atoms with Gasteiger partial charge < -0.3 is 9.47 Å². The molecule has 1 aliphatic heterocycles. The fourth-order valence-corrected chi connectivity index (χ4v) is 1.51. The molecule has 1 aromatic carbocycles. The highest BCUT2D eigenvalue weighted by atomic mass is 79.9. The molecule has 0 bridgehead atoms. The number of halogens is 1. The number of carbonyl (C=O) groups is 1. The highest BCUT2D eigenvalue weighted by Gasteiger charge is 2.19. The van der Waals surface area contributed by atoms with Gasteiger partial charge in [-0.15, -0.1) is 0 Å². The van der Waals surface area contributed by atoms with Crippen LogP contribution >= 0.6 is 15.9 Å². The molecule has 0 atom stereocenters. The summed E-state index contributed by atoms with van der Waals surface area (Å²) in [4.78, 5) is 11.2. The smallest absolute Gasteiger partial charge is 0.344 e. The quantitative estimate of drug-likeness (QED) is 0.559. The molecule has 1 aliphatic rings. The summed E-state index contributed by atoms with van der Waals surface area (Å²) in [5.41, 5.74) is 1.57. The Morgan fingerprint density at radius 3 is 3.00 bits per heavy atom. The third-order valence-electron chi connectivity index (χ3n) is 1.82. The van der Waals surface area contributed by atoms with Gasteiger partial charge in [-0.3, -0.25) is 0 Å². The zero-order valence-electron chi connectivity index (χ0n) is 6.75. The highest BCUT2D eigenvalue weighted by Crippen LogP contribution is 2.25. The van der Waals surface area contributed by atoms with E-state index in [1.807, 2.05) is 12.1 Å². The lowest BCUT2D eigenvalue weighted by molar-refractivity contribution is 0.00490. The van der Waals surface area contributed by atoms with Crippen LogP contribution in [0.1, 0.15) is 15.9 Å². The van der Waals surface area contributed by atoms with E-state index in [1.165, 1.54) is 0 Å². The zero-order valence-corrected chi connectivity index (χ0v) is 8.33. The van der Waals surface area contributed by atoms with Gasteiger partial charge in [-0.25, -0.2) is 4.79 Å². The normalized spacial score (nSPS) is 14.4. The predicted molar refractivity (Wildman–Crippen MR) is 50.0 cm³/mol. The summed E-state index contributed by atoms with van der Waals surface area (Å²) in [6, 6.07) is 5.42. The standard InChI is InChI=1S/C9H7BrO3/c10-4-6-1-2-7-8(3-6)12-5-13-9(7)11/h1-3H,4-5H2. The first kappa shape index (κ1) is 8.56. The Labute approximate surface area is 83.8 Å². The molecule has 0 amide bonds. The minimum atomic E-state index is -0.317. The van der Waals surface area contributed by atoms with E-state index in [0.717, 1.165) is 10.9 Å². The molecule has 0 radical (unpaired) electrons. The molecule has 0 aromatic heterocycles. The van der Waals surface area contributed by atoms with Gasteiger partial charge in [0.1, 0.15) is 11.3 Å². The molecule has 0 fully saturated rings. The van der Waals surface area contributed by atoms with Gasteiger partial charge in [0.15, 0.2) is 0 Å². The SMILES string of the molecule is O=C1OCOc2cc(CBr)ccc21. The molecule has 0 N–H and O–H groups in total. The summed E-state index contributed by atoms with van der Waals surface area (Å²) < 4.78 is 9.88. The van der Waals surface area contributed by atoms with Crippen molar-refractivity contribution >= 4 is 21.9 Å². The van der Waals surface area contributed by atoms with Crippen LogP contribution in [-0.2, 0) is 10.1 Å². The molecule has 0 aliphatic carbocycles. The van der Waals surface area contributed by atoms with Crippen LogP contribution < -0.4 is 4.74 Å². The van der Waals surface area contributed by atoms with E-state index >= 15 is 0 Å². The minimum Gasteiger partial charge on any atom is -0.456 e. The lowest BCUT2D eigenvalue weighted by Crippen LogP contribution is -2.18. The highest BCUT2D eigenvalue weighted by molar-refractivity contribution is 9.08. The fourth-order valence-electron chi connectivity index (χ4n) is 1.16. The maximum Gasteiger partial charge on any atom is 0.344 e. The maximum absolute atomic E-state index is 11.2. The Morgan fingerprint density at radius 2 is 2.23 bits per heavy atom. The topological polar surface area (TPSA) is 35.5 Å². The molecular weight excluding hydrogens is 236 g/mol. The van der Waals surface area contributed by atoms with Crippen LogP contribution in [0, 0.1) is 0 Å². The van der Waals surface area contributed by atoms with Crippen molar-refractivity contribution in [2.24, 2.45) is 0 Å². The Kier molecular flexibility index (Phi) is 2.22. The molecule has 4 heteroatoms. The van der Waals surface area contributed by atoms with Gasteiger partial charge in [-0.1, -0.05) is 22.0 Å². The Bertz CT molecular complexity index is 349. The van der Waals surface area contributed by atoms with Crippen molar-refractivity contribution in [3.8, 4) is 5.75 Å². The number of benzene rings is 1. The van der Waals surface area contributed by atoms with Gasteiger partial charge in [0.25, 0.3) is 0 Å². The van der Waals surface area contributed by atoms with Crippen molar-refractivity contribution < 1.29 is 14.3 Å². The van der Waals surface area contributed by atoms with Crippen LogP contribution in [0.4, 0.5) is 0 Å². The number of esters is 1. The maximum atomic E-state index is 11.2. The molecule has 3 nitrogen and oxygen atoms in total. The number of carbonyl (C=O) groups excluding carboxylic acids is 1. The van der Waals surface area contributed by atoms with E-state index < -0.39 is 0 Å². The van der Waals surface area contributed by atoms with Crippen LogP contribution in [0.3, 0.4) is 0 Å². The summed E-state index contributed by atoms with van der Waals surface area (Å²) in [6.45, 7) is 0.0115. The van der Waals surface area contributed by atoms with E-state index in [0.29, 0.717) is 11.3 Å². The van der Waals surface area contributed by atoms with Crippen molar-refractivity contribution in [2.75, 3.05) is 6.79 Å². The third-order valence-corrected chi connectivity index (χ3v) is 2.47. The van der Waals surface area contributed by atoms with E-state index in [4.69, 9.17) is 9.47 Å². The summed E-state index contributed by atoms with van der Waals surface area (Å²) in [5, 5.41) is 0.749. The summed E-state index contributed by atoms with van der Waals surface area (Å²) in [6.07, 6.45) is 0. The van der Waals surface area contributed by atoms with Crippen LogP contribution in [0.15, 0.2) is 18.2 Å². The first-order chi connectivity index (χ1) is 6.31. The van der Waals surface area contributed by atoms with Gasteiger partial charge in [0, 0.05) is 5.33 Å². The number of fused-ring (bicyclic) bond motifs is 1. The molecule has 1 aromatic rings. The molecule has 2 rings (SSSR count). The largest absolute Gasteiger partial charge is 0.456 e. The molecule has 13 heavy (non-hydrogen) atoms. The number of rotatable bonds is 1. The average molecular weight is 243 g/mol. The monoisotopic (exact) mass is 242 g/mol. The van der Waals surface area contributed by atoms with Crippen LogP contribution in [0.2, 0.25) is 0 Å². The summed E-state index contributed by atoms with van der Waals surface area (Å²) in [5.74, 6) is 0.288. The summed E-state index contributed by atoms with van der Waals surface area (Å²) >= 11 is 3.33. The Balaban J connectivity index is 2.45. The molecule has 0 unspecified atom stereocenters. The van der Waals surface area contributed by atoms with E-state index in [2.05, 4.69) is 15.9 Å². The lowest BCUT2D eigenvalue weighted by Gasteiger charge is -2.16. The molecule has 0 spiro atoms. The second kappa shape index (κ2) is 3.38. The number of ether oxygens (including phenoxy) is 2. The lowest BCUT2D eigenvalue weighted by atomic mass is 10.1. The van der Waals surface area contributed by atoms with Gasteiger partial charge >= 0.3 is 5.97 Å². The molecule has 0 saturated carbocycles. The van der Waals surface area contributed by atoms with Gasteiger partial charge in [0.2, 0.25) is 6.79 Å². The predicted octanol–water partition coefficient (Wildman–Crippen LogP) is 2.09. The van der Waals surface area contributed by atoms with E-state index in [1.54, 1.807) is 6.07 Å². The zero-order chi connectivity index (χ0) is 9.26. The molecule has 68 valence electrons. The Hall–Kier alpha value is -1.03. The summed E-state index contributed by atoms with van der Waals surface area (Å²) in [7, 11) is 0. The van der Waals surface area contributed by atoms with Gasteiger partial charge in [-0.2, -0.15) is 0 Å². The average Bonchev–Trinajstić information content (AvgIpc) is 2.18. The van der Waals surface area contributed by atoms with E-state index in [-0.39, 0.29) is 12.8 Å². The molecule has 0 saturated heterocycles. The number of hydrogen-bond donors (Lipinski definition) is 0. The number of hydrogen-bond acceptors (Lipinski definition) is 3. The van der Waals surface area contributed by atoms with Gasteiger partial charge in [0.05, 0.1) is 0 Å². The number of cyclic esters (lactones) is 1. The molecular formula is C9H7BrO3. The van der Waals surface area contributed by atoms with Crippen LogP contribution in [0.25, 0.3) is 0 Å². The van der Waals surface area contributed by atoms with Gasteiger partial charge in [-0.05, 0) is 17.7 Å². The minimum absolute atomic E-state index is 0.0115. The first-order valence-corrected chi connectivity index (χ1v) is 4.92. The van der Waals surface area contributed by atoms with Crippen molar-refractivity contribution in [3.63, 3.8) is 0 Å². The van der Waals surface area contributed by atoms with Crippen molar-refractivity contribution in [2.45, 2.75) is 5.33 Å². The van der Waals surface area contributed by atoms with Crippen LogP contribution in [-0.4, -0.2) is 12.8 Å². The Morgan fingerprint density at radius 1 is 1.38 bits per heavy atom. The fraction of sp³-hybridized carbons (Fsp3) is 0.222.